The van der Waals surface area contributed by atoms with Crippen molar-refractivity contribution in [2.24, 2.45) is 0 Å². The van der Waals surface area contributed by atoms with Crippen molar-refractivity contribution in [3.8, 4) is 0 Å². The van der Waals surface area contributed by atoms with Crippen molar-refractivity contribution in [3.05, 3.63) is 48.7 Å². The third-order valence-electron chi connectivity index (χ3n) is 3.80. The fourth-order valence-electron chi connectivity index (χ4n) is 2.42. The molecule has 0 aliphatic rings. The molecule has 2 heterocycles. The molecule has 10 heteroatoms. The number of amides is 2. The Balaban J connectivity index is 1.65. The normalized spacial score (nSPS) is 10.3. The predicted octanol–water partition coefficient (Wildman–Crippen LogP) is 0.608. The minimum absolute atomic E-state index is 0.276. The van der Waals surface area contributed by atoms with Crippen LogP contribution in [0.5, 0.6) is 0 Å². The Bertz CT molecular complexity index is 900. The number of nitrogens with one attached hydrogen (secondary N) is 5. The fourth-order valence-corrected chi connectivity index (χ4v) is 2.42. The van der Waals surface area contributed by atoms with Crippen LogP contribution in [0.2, 0.25) is 0 Å². The van der Waals surface area contributed by atoms with Gasteiger partial charge in [-0.1, -0.05) is 6.07 Å². The van der Waals surface area contributed by atoms with Crippen molar-refractivity contribution in [1.82, 2.24) is 25.3 Å². The highest BCUT2D eigenvalue weighted by Crippen LogP contribution is 2.18. The van der Waals surface area contributed by atoms with Crippen molar-refractivity contribution in [2.45, 2.75) is 6.42 Å². The maximum absolute atomic E-state index is 11.4. The summed E-state index contributed by atoms with van der Waals surface area (Å²) in [6.45, 7) is 0.716. The Kier molecular flexibility index (Phi) is 5.88. The molecule has 0 radical (unpaired) electrons. The van der Waals surface area contributed by atoms with Crippen LogP contribution in [0.3, 0.4) is 0 Å². The van der Waals surface area contributed by atoms with E-state index in [9.17, 15) is 4.79 Å². The first-order chi connectivity index (χ1) is 13.1. The van der Waals surface area contributed by atoms with Crippen LogP contribution in [0.4, 0.5) is 27.9 Å². The average Bonchev–Trinajstić information content (AvgIpc) is 3.18. The van der Waals surface area contributed by atoms with Crippen LogP contribution in [0.25, 0.3) is 0 Å². The molecule has 3 aromatic rings. The van der Waals surface area contributed by atoms with Gasteiger partial charge in [0.25, 0.3) is 0 Å². The number of carbonyl (C=O) groups is 1. The van der Waals surface area contributed by atoms with E-state index in [1.165, 1.54) is 0 Å². The average molecular weight is 364 g/mol. The summed E-state index contributed by atoms with van der Waals surface area (Å²) in [7, 11) is 3.52. The molecule has 1 aromatic carbocycles. The number of anilines is 4. The summed E-state index contributed by atoms with van der Waals surface area (Å²) in [5.41, 5.74) is 3.39. The molecule has 9 nitrogen and oxygen atoms in total. The molecular formula is C17H21BN8O. The fraction of sp³-hybridized carbons (Fsp3) is 0.176. The molecule has 5 N–H and O–H groups in total. The summed E-state index contributed by atoms with van der Waals surface area (Å²) in [4.78, 5) is 27.4. The van der Waals surface area contributed by atoms with Gasteiger partial charge in [0.1, 0.15) is 13.7 Å². The van der Waals surface area contributed by atoms with Crippen LogP contribution >= 0.6 is 0 Å². The minimum atomic E-state index is -0.276. The summed E-state index contributed by atoms with van der Waals surface area (Å²) < 4.78 is 0. The Labute approximate surface area is 157 Å². The van der Waals surface area contributed by atoms with Gasteiger partial charge in [0.2, 0.25) is 5.95 Å². The van der Waals surface area contributed by atoms with Crippen LogP contribution in [0.1, 0.15) is 5.69 Å². The molecule has 0 bridgehead atoms. The van der Waals surface area contributed by atoms with E-state index in [1.54, 1.807) is 25.6 Å². The zero-order valence-electron chi connectivity index (χ0n) is 15.2. The van der Waals surface area contributed by atoms with E-state index in [4.69, 9.17) is 0 Å². The third kappa shape index (κ3) is 5.21. The third-order valence-corrected chi connectivity index (χ3v) is 3.80. The van der Waals surface area contributed by atoms with E-state index in [1.807, 2.05) is 32.2 Å². The standard InChI is InChI=1S/C17H21BN8O/c1-19-17(27)25-12-4-2-3-11(7-12)24-16-22-9-14(18)15(26-16)21-6-5-13-8-20-10-23-13/h2-4,7-10H,5-6,18H2,1H3,(H,20,23)(H2,19,25,27)(H2,21,22,24,26). The highest BCUT2D eigenvalue weighted by molar-refractivity contribution is 6.35. The quantitative estimate of drug-likeness (QED) is 0.392. The zero-order valence-corrected chi connectivity index (χ0v) is 15.2. The highest BCUT2D eigenvalue weighted by Gasteiger charge is 2.06. The maximum Gasteiger partial charge on any atom is 0.318 e. The first kappa shape index (κ1) is 18.2. The lowest BCUT2D eigenvalue weighted by Crippen LogP contribution is -2.24. The monoisotopic (exact) mass is 364 g/mol. The number of hydrogen-bond donors (Lipinski definition) is 5. The number of urea groups is 1. The van der Waals surface area contributed by atoms with Crippen LogP contribution in [-0.4, -0.2) is 47.4 Å². The first-order valence-electron chi connectivity index (χ1n) is 8.55. The number of H-pyrrole nitrogens is 1. The molecule has 0 saturated heterocycles. The summed E-state index contributed by atoms with van der Waals surface area (Å²) in [6.07, 6.45) is 6.10. The van der Waals surface area contributed by atoms with E-state index in [0.717, 1.165) is 29.1 Å². The van der Waals surface area contributed by atoms with Gasteiger partial charge in [0.15, 0.2) is 0 Å². The summed E-state index contributed by atoms with van der Waals surface area (Å²) in [5, 5.41) is 11.7. The van der Waals surface area contributed by atoms with Gasteiger partial charge in [-0.25, -0.2) is 14.8 Å². The molecule has 0 aliphatic heterocycles. The molecule has 0 atom stereocenters. The molecule has 0 aliphatic carbocycles. The number of aromatic nitrogens is 4. The second kappa shape index (κ2) is 8.70. The van der Waals surface area contributed by atoms with Gasteiger partial charge in [-0.15, -0.1) is 0 Å². The number of aromatic amines is 1. The van der Waals surface area contributed by atoms with Gasteiger partial charge in [-0.3, -0.25) is 0 Å². The number of imidazole rings is 1. The predicted molar refractivity (Wildman–Crippen MR) is 109 cm³/mol. The summed E-state index contributed by atoms with van der Waals surface area (Å²) in [6, 6.07) is 7.05. The van der Waals surface area contributed by atoms with Gasteiger partial charge in [-0.05, 0) is 23.7 Å². The number of hydrogen-bond acceptors (Lipinski definition) is 6. The smallest absolute Gasteiger partial charge is 0.318 e. The number of carbonyl (C=O) groups excluding carboxylic acids is 1. The Hall–Kier alpha value is -3.56. The SMILES string of the molecule is Bc1cnc(Nc2cccc(NC(=O)NC)c2)nc1NCCc1c[nH]cn1. The van der Waals surface area contributed by atoms with E-state index in [0.29, 0.717) is 18.2 Å². The highest BCUT2D eigenvalue weighted by atomic mass is 16.2. The van der Waals surface area contributed by atoms with Gasteiger partial charge in [-0.2, -0.15) is 4.98 Å². The summed E-state index contributed by atoms with van der Waals surface area (Å²) in [5.74, 6) is 1.24. The molecule has 0 spiro atoms. The van der Waals surface area contributed by atoms with Gasteiger partial charge in [0.05, 0.1) is 12.0 Å². The number of rotatable bonds is 7. The second-order valence-corrected chi connectivity index (χ2v) is 5.87. The Morgan fingerprint density at radius 3 is 2.89 bits per heavy atom. The number of nitrogens with zero attached hydrogens (tertiary/aromatic N) is 3. The van der Waals surface area contributed by atoms with Crippen molar-refractivity contribution in [3.63, 3.8) is 0 Å². The Morgan fingerprint density at radius 2 is 2.11 bits per heavy atom. The first-order valence-corrected chi connectivity index (χ1v) is 8.55. The number of benzene rings is 1. The molecule has 0 unspecified atom stereocenters. The second-order valence-electron chi connectivity index (χ2n) is 5.87. The van der Waals surface area contributed by atoms with Gasteiger partial charge < -0.3 is 26.3 Å². The van der Waals surface area contributed by atoms with Crippen LogP contribution in [0, 0.1) is 0 Å². The lowest BCUT2D eigenvalue weighted by molar-refractivity contribution is 0.254. The summed E-state index contributed by atoms with van der Waals surface area (Å²) >= 11 is 0. The van der Waals surface area contributed by atoms with E-state index in [-0.39, 0.29) is 6.03 Å². The minimum Gasteiger partial charge on any atom is -0.370 e. The lowest BCUT2D eigenvalue weighted by Gasteiger charge is -2.11. The van der Waals surface area contributed by atoms with Crippen LogP contribution in [0.15, 0.2) is 43.0 Å². The zero-order chi connectivity index (χ0) is 19.1. The lowest BCUT2D eigenvalue weighted by atomic mass is 9.99. The van der Waals surface area contributed by atoms with Gasteiger partial charge in [0, 0.05) is 43.8 Å². The molecular weight excluding hydrogens is 343 g/mol. The molecule has 0 fully saturated rings. The van der Waals surface area contributed by atoms with Crippen LogP contribution < -0.4 is 26.7 Å². The van der Waals surface area contributed by atoms with Crippen molar-refractivity contribution < 1.29 is 4.79 Å². The Morgan fingerprint density at radius 1 is 1.26 bits per heavy atom. The van der Waals surface area contributed by atoms with E-state index in [2.05, 4.69) is 41.2 Å². The molecule has 2 aromatic heterocycles. The van der Waals surface area contributed by atoms with Crippen molar-refractivity contribution >= 4 is 42.5 Å². The van der Waals surface area contributed by atoms with Crippen LogP contribution in [-0.2, 0) is 6.42 Å². The van der Waals surface area contributed by atoms with Gasteiger partial charge >= 0.3 is 6.03 Å². The largest absolute Gasteiger partial charge is 0.370 e. The maximum atomic E-state index is 11.4. The molecule has 27 heavy (non-hydrogen) atoms. The molecule has 0 saturated carbocycles. The van der Waals surface area contributed by atoms with Crippen molar-refractivity contribution in [2.75, 3.05) is 29.5 Å². The molecule has 2 amide bonds. The van der Waals surface area contributed by atoms with E-state index < -0.39 is 0 Å². The molecule has 138 valence electrons. The topological polar surface area (TPSA) is 120 Å². The molecule has 3 rings (SSSR count). The van der Waals surface area contributed by atoms with Crippen molar-refractivity contribution in [1.29, 1.82) is 0 Å². The van der Waals surface area contributed by atoms with E-state index >= 15 is 0 Å².